The van der Waals surface area contributed by atoms with Crippen molar-refractivity contribution in [2.45, 2.75) is 32.6 Å². The van der Waals surface area contributed by atoms with E-state index in [9.17, 15) is 9.90 Å². The van der Waals surface area contributed by atoms with Gasteiger partial charge in [-0.15, -0.1) is 0 Å². The van der Waals surface area contributed by atoms with Crippen LogP contribution >= 0.6 is 0 Å². The summed E-state index contributed by atoms with van der Waals surface area (Å²) in [6.45, 7) is 2.04. The number of unbranched alkanes of at least 4 members (excludes halogenated alkanes) is 2. The molecule has 0 aliphatic heterocycles. The van der Waals surface area contributed by atoms with Crippen LogP contribution in [-0.4, -0.2) is 5.97 Å². The first-order valence-corrected chi connectivity index (χ1v) is 4.44. The summed E-state index contributed by atoms with van der Waals surface area (Å²) in [6.07, 6.45) is 6.29. The van der Waals surface area contributed by atoms with E-state index < -0.39 is 5.97 Å². The monoisotopic (exact) mass is 183 g/mol. The van der Waals surface area contributed by atoms with Crippen LogP contribution in [0.15, 0.2) is 29.1 Å². The Morgan fingerprint density at radius 3 is 2.23 bits per heavy atom. The van der Waals surface area contributed by atoms with Gasteiger partial charge in [0.1, 0.15) is 0 Å². The highest BCUT2D eigenvalue weighted by atomic mass is 16.4. The summed E-state index contributed by atoms with van der Waals surface area (Å²) in [5.41, 5.74) is 0. The second-order valence-corrected chi connectivity index (χ2v) is 2.62. The lowest BCUT2D eigenvalue weighted by molar-refractivity contribution is -0.305. The fraction of sp³-hybridized carbons (Fsp3) is 0.500. The third-order valence-corrected chi connectivity index (χ3v) is 1.41. The molecule has 0 bridgehead atoms. The molecule has 0 N–H and O–H groups in total. The van der Waals surface area contributed by atoms with Crippen molar-refractivity contribution in [2.75, 3.05) is 0 Å². The Hall–Kier alpha value is -1.25. The van der Waals surface area contributed by atoms with Crippen molar-refractivity contribution < 1.29 is 14.3 Å². The van der Waals surface area contributed by atoms with Gasteiger partial charge in [0.2, 0.25) is 0 Å². The van der Waals surface area contributed by atoms with Gasteiger partial charge in [0.05, 0.1) is 12.5 Å². The van der Waals surface area contributed by atoms with E-state index in [1.807, 2.05) is 19.1 Å². The molecule has 13 heavy (non-hydrogen) atoms. The van der Waals surface area contributed by atoms with Crippen molar-refractivity contribution in [1.82, 2.24) is 0 Å². The van der Waals surface area contributed by atoms with Crippen molar-refractivity contribution in [3.63, 3.8) is 0 Å². The summed E-state index contributed by atoms with van der Waals surface area (Å²) >= 11 is 0. The van der Waals surface area contributed by atoms with Gasteiger partial charge in [0.15, 0.2) is 0 Å². The van der Waals surface area contributed by atoms with Gasteiger partial charge in [-0.3, -0.25) is 0 Å². The van der Waals surface area contributed by atoms with Gasteiger partial charge in [-0.1, -0.05) is 19.8 Å². The fourth-order valence-corrected chi connectivity index (χ4v) is 0.746. The largest absolute Gasteiger partial charge is 0.550 e. The molecule has 0 saturated heterocycles. The number of carbonyl (C=O) groups excluding carboxylic acids is 1. The molecule has 0 saturated carbocycles. The molecule has 1 aromatic heterocycles. The summed E-state index contributed by atoms with van der Waals surface area (Å²) in [6, 6.07) is 3.67. The summed E-state index contributed by atoms with van der Waals surface area (Å²) in [5, 5.41) is 9.76. The highest BCUT2D eigenvalue weighted by Gasteiger charge is 1.84. The number of aliphatic carboxylic acids is 1. The van der Waals surface area contributed by atoms with Crippen LogP contribution in [0.4, 0.5) is 0 Å². The molecule has 0 atom stereocenters. The zero-order valence-corrected chi connectivity index (χ0v) is 7.86. The van der Waals surface area contributed by atoms with Crippen LogP contribution < -0.4 is 5.11 Å². The van der Waals surface area contributed by atoms with Crippen LogP contribution in [0.3, 0.4) is 0 Å². The average Bonchev–Trinajstić information content (AvgIpc) is 2.61. The number of carboxylic acid groups (broad SMARTS) is 1. The highest BCUT2D eigenvalue weighted by Crippen LogP contribution is 1.96. The molecule has 0 aliphatic carbocycles. The molecule has 74 valence electrons. The smallest absolute Gasteiger partial charge is 0.0902 e. The van der Waals surface area contributed by atoms with E-state index in [1.165, 1.54) is 0 Å². The van der Waals surface area contributed by atoms with Gasteiger partial charge in [0, 0.05) is 5.97 Å². The van der Waals surface area contributed by atoms with E-state index in [2.05, 4.69) is 4.42 Å². The van der Waals surface area contributed by atoms with E-state index in [1.54, 1.807) is 12.5 Å². The fourth-order valence-electron chi connectivity index (χ4n) is 0.746. The molecule has 3 heteroatoms. The molecule has 1 aromatic rings. The first-order valence-electron chi connectivity index (χ1n) is 4.44. The van der Waals surface area contributed by atoms with Gasteiger partial charge in [0.25, 0.3) is 0 Å². The van der Waals surface area contributed by atoms with Crippen molar-refractivity contribution in [2.24, 2.45) is 0 Å². The summed E-state index contributed by atoms with van der Waals surface area (Å²) < 4.78 is 4.58. The minimum Gasteiger partial charge on any atom is -0.550 e. The maximum absolute atomic E-state index is 9.76. The molecule has 0 spiro atoms. The Labute approximate surface area is 78.4 Å². The average molecular weight is 183 g/mol. The summed E-state index contributed by atoms with van der Waals surface area (Å²) in [7, 11) is 0. The molecule has 0 amide bonds. The topological polar surface area (TPSA) is 53.3 Å². The van der Waals surface area contributed by atoms with Gasteiger partial charge >= 0.3 is 0 Å². The standard InChI is InChI=1S/C6H12O2.C4H4O/c1-2-3-4-5-6(7)8;1-2-4-5-3-1/h2-5H2,1H3,(H,7,8);1-4H/p-1. The second-order valence-electron chi connectivity index (χ2n) is 2.62. The van der Waals surface area contributed by atoms with E-state index in [0.717, 1.165) is 19.3 Å². The number of furan rings is 1. The van der Waals surface area contributed by atoms with Crippen LogP contribution in [0.25, 0.3) is 0 Å². The van der Waals surface area contributed by atoms with Gasteiger partial charge < -0.3 is 14.3 Å². The van der Waals surface area contributed by atoms with Crippen molar-refractivity contribution in [3.05, 3.63) is 24.7 Å². The minimum absolute atomic E-state index is 0.216. The number of carbonyl (C=O) groups is 1. The Balaban J connectivity index is 0.000000243. The van der Waals surface area contributed by atoms with Crippen molar-refractivity contribution >= 4 is 5.97 Å². The molecule has 1 rings (SSSR count). The molecule has 1 heterocycles. The molecule has 0 aromatic carbocycles. The number of carboxylic acids is 1. The number of rotatable bonds is 4. The zero-order valence-electron chi connectivity index (χ0n) is 7.86. The normalized spacial score (nSPS) is 8.69. The molecule has 3 nitrogen and oxygen atoms in total. The van der Waals surface area contributed by atoms with Crippen LogP contribution in [0, 0.1) is 0 Å². The Kier molecular flexibility index (Phi) is 7.99. The molecule has 0 radical (unpaired) electrons. The van der Waals surface area contributed by atoms with Crippen LogP contribution in [0.5, 0.6) is 0 Å². The molecule has 0 aliphatic rings. The molecule has 0 fully saturated rings. The lowest BCUT2D eigenvalue weighted by atomic mass is 10.2. The minimum atomic E-state index is -0.932. The quantitative estimate of drug-likeness (QED) is 0.666. The summed E-state index contributed by atoms with van der Waals surface area (Å²) in [5.74, 6) is -0.932. The Morgan fingerprint density at radius 1 is 1.31 bits per heavy atom. The predicted molar refractivity (Wildman–Crippen MR) is 47.9 cm³/mol. The molecular weight excluding hydrogens is 168 g/mol. The lowest BCUT2D eigenvalue weighted by Gasteiger charge is -1.97. The van der Waals surface area contributed by atoms with Crippen molar-refractivity contribution in [3.8, 4) is 0 Å². The van der Waals surface area contributed by atoms with Gasteiger partial charge in [-0.25, -0.2) is 0 Å². The maximum Gasteiger partial charge on any atom is 0.0902 e. The predicted octanol–water partition coefficient (Wildman–Crippen LogP) is 1.60. The lowest BCUT2D eigenvalue weighted by Crippen LogP contribution is -2.21. The van der Waals surface area contributed by atoms with E-state index in [4.69, 9.17) is 0 Å². The highest BCUT2D eigenvalue weighted by molar-refractivity contribution is 5.63. The first kappa shape index (κ1) is 11.8. The van der Waals surface area contributed by atoms with Crippen LogP contribution in [0.2, 0.25) is 0 Å². The molecule has 0 unspecified atom stereocenters. The maximum atomic E-state index is 9.76. The first-order chi connectivity index (χ1) is 6.27. The van der Waals surface area contributed by atoms with Gasteiger partial charge in [-0.05, 0) is 25.0 Å². The third kappa shape index (κ3) is 10.8. The zero-order chi connectivity index (χ0) is 9.94. The van der Waals surface area contributed by atoms with Crippen LogP contribution in [-0.2, 0) is 4.79 Å². The Morgan fingerprint density at radius 2 is 1.92 bits per heavy atom. The third-order valence-electron chi connectivity index (χ3n) is 1.41. The Bertz CT molecular complexity index is 175. The van der Waals surface area contributed by atoms with Crippen molar-refractivity contribution in [1.29, 1.82) is 0 Å². The van der Waals surface area contributed by atoms with Gasteiger partial charge in [-0.2, -0.15) is 0 Å². The second kappa shape index (κ2) is 8.84. The number of hydrogen-bond acceptors (Lipinski definition) is 3. The number of hydrogen-bond donors (Lipinski definition) is 0. The SMILES string of the molecule is CCCCCC(=O)[O-].c1ccoc1. The van der Waals surface area contributed by atoms with Crippen LogP contribution in [0.1, 0.15) is 32.6 Å². The van der Waals surface area contributed by atoms with E-state index in [0.29, 0.717) is 0 Å². The van der Waals surface area contributed by atoms with E-state index in [-0.39, 0.29) is 6.42 Å². The summed E-state index contributed by atoms with van der Waals surface area (Å²) in [4.78, 5) is 9.76. The molecular formula is C10H15O3-. The van der Waals surface area contributed by atoms with E-state index >= 15 is 0 Å².